The fourth-order valence-corrected chi connectivity index (χ4v) is 1.32. The monoisotopic (exact) mass is 285 g/mol. The van der Waals surface area contributed by atoms with Crippen molar-refractivity contribution in [3.05, 3.63) is 22.4 Å². The van der Waals surface area contributed by atoms with Crippen LogP contribution in [0.3, 0.4) is 0 Å². The fourth-order valence-electron chi connectivity index (χ4n) is 0.818. The molecule has 0 saturated heterocycles. The topological polar surface area (TPSA) is 54.9 Å². The zero-order chi connectivity index (χ0) is 9.10. The summed E-state index contributed by atoms with van der Waals surface area (Å²) in [5, 5.41) is 0. The molecule has 5 nitrogen and oxygen atoms in total. The molecule has 0 aromatic carbocycles. The van der Waals surface area contributed by atoms with Crippen LogP contribution in [0.1, 0.15) is 0 Å². The SMILES string of the molecule is Ic1cncn1C1=NC=C=NC=N1. The van der Waals surface area contributed by atoms with Crippen molar-refractivity contribution in [3.63, 3.8) is 0 Å². The summed E-state index contributed by atoms with van der Waals surface area (Å²) in [6.45, 7) is 0. The Hall–Kier alpha value is -1.27. The smallest absolute Gasteiger partial charge is 0.237 e. The van der Waals surface area contributed by atoms with Gasteiger partial charge in [0.25, 0.3) is 0 Å². The molecule has 2 heterocycles. The van der Waals surface area contributed by atoms with E-state index in [1.807, 2.05) is 0 Å². The third kappa shape index (κ3) is 1.73. The van der Waals surface area contributed by atoms with Gasteiger partial charge < -0.3 is 0 Å². The second-order valence-corrected chi connectivity index (χ2v) is 3.25. The molecule has 0 unspecified atom stereocenters. The minimum atomic E-state index is 0.538. The van der Waals surface area contributed by atoms with Gasteiger partial charge in [0.15, 0.2) is 0 Å². The van der Waals surface area contributed by atoms with Gasteiger partial charge in [0.2, 0.25) is 5.96 Å². The van der Waals surface area contributed by atoms with E-state index in [4.69, 9.17) is 0 Å². The normalized spacial score (nSPS) is 14.4. The predicted octanol–water partition coefficient (Wildman–Crippen LogP) is 0.917. The zero-order valence-corrected chi connectivity index (χ0v) is 8.58. The van der Waals surface area contributed by atoms with Crippen molar-refractivity contribution in [1.29, 1.82) is 0 Å². The molecule has 0 saturated carbocycles. The highest BCUT2D eigenvalue weighted by molar-refractivity contribution is 14.1. The molecule has 0 N–H and O–H groups in total. The van der Waals surface area contributed by atoms with Crippen LogP contribution in [-0.2, 0) is 0 Å². The van der Waals surface area contributed by atoms with Crippen LogP contribution in [0.25, 0.3) is 0 Å². The van der Waals surface area contributed by atoms with E-state index < -0.39 is 0 Å². The number of imidazole rings is 1. The largest absolute Gasteiger partial charge is 0.262 e. The first-order chi connectivity index (χ1) is 6.38. The van der Waals surface area contributed by atoms with Crippen LogP contribution in [0.15, 0.2) is 33.7 Å². The first kappa shape index (κ1) is 8.33. The highest BCUT2D eigenvalue weighted by Crippen LogP contribution is 2.04. The van der Waals surface area contributed by atoms with Crippen LogP contribution >= 0.6 is 22.6 Å². The van der Waals surface area contributed by atoms with E-state index in [1.54, 1.807) is 17.1 Å². The molecule has 0 fully saturated rings. The lowest BCUT2D eigenvalue weighted by Crippen LogP contribution is -2.09. The summed E-state index contributed by atoms with van der Waals surface area (Å²) >= 11 is 2.15. The number of rotatable bonds is 0. The number of hydrogen-bond donors (Lipinski definition) is 0. The molecule has 1 aromatic heterocycles. The second kappa shape index (κ2) is 3.63. The molecule has 1 aliphatic rings. The van der Waals surface area contributed by atoms with Gasteiger partial charge in [-0.3, -0.25) is 4.57 Å². The lowest BCUT2D eigenvalue weighted by Gasteiger charge is -1.99. The highest BCUT2D eigenvalue weighted by Gasteiger charge is 2.03. The third-order valence-electron chi connectivity index (χ3n) is 1.35. The van der Waals surface area contributed by atoms with Crippen molar-refractivity contribution in [2.75, 3.05) is 0 Å². The molecule has 0 amide bonds. The number of halogens is 1. The Morgan fingerprint density at radius 1 is 1.46 bits per heavy atom. The molecule has 0 radical (unpaired) electrons. The second-order valence-electron chi connectivity index (χ2n) is 2.15. The average molecular weight is 285 g/mol. The van der Waals surface area contributed by atoms with Gasteiger partial charge in [0.1, 0.15) is 16.4 Å². The Labute approximate surface area is 87.8 Å². The summed E-state index contributed by atoms with van der Waals surface area (Å²) in [7, 11) is 0. The van der Waals surface area contributed by atoms with E-state index in [1.165, 1.54) is 12.5 Å². The Bertz CT molecular complexity index is 435. The lowest BCUT2D eigenvalue weighted by molar-refractivity contribution is 1.07. The van der Waals surface area contributed by atoms with Crippen LogP contribution in [-0.4, -0.2) is 27.7 Å². The molecule has 64 valence electrons. The molecular weight excluding hydrogens is 281 g/mol. The van der Waals surface area contributed by atoms with Gasteiger partial charge in [0.05, 0.1) is 12.4 Å². The number of hydrogen-bond acceptors (Lipinski definition) is 4. The molecule has 0 atom stereocenters. The Morgan fingerprint density at radius 3 is 3.15 bits per heavy atom. The fraction of sp³-hybridized carbons (Fsp3) is 0. The third-order valence-corrected chi connectivity index (χ3v) is 2.15. The van der Waals surface area contributed by atoms with Gasteiger partial charge >= 0.3 is 0 Å². The summed E-state index contributed by atoms with van der Waals surface area (Å²) in [5.74, 6) is 3.12. The van der Waals surface area contributed by atoms with Gasteiger partial charge in [-0.05, 0) is 22.6 Å². The highest BCUT2D eigenvalue weighted by atomic mass is 127. The van der Waals surface area contributed by atoms with E-state index in [2.05, 4.69) is 48.4 Å². The molecule has 2 rings (SSSR count). The summed E-state index contributed by atoms with van der Waals surface area (Å²) in [6.07, 6.45) is 6.25. The molecule has 0 aliphatic carbocycles. The van der Waals surface area contributed by atoms with Crippen molar-refractivity contribution < 1.29 is 0 Å². The van der Waals surface area contributed by atoms with Gasteiger partial charge in [-0.1, -0.05) is 0 Å². The molecule has 0 spiro atoms. The summed E-state index contributed by atoms with van der Waals surface area (Å²) < 4.78 is 2.71. The standard InChI is InChI=1S/C7H4IN5/c8-6-3-10-5-13(6)7-11-2-1-9-4-12-7/h2-5H. The van der Waals surface area contributed by atoms with Crippen LogP contribution in [0.2, 0.25) is 0 Å². The zero-order valence-electron chi connectivity index (χ0n) is 6.42. The van der Waals surface area contributed by atoms with E-state index in [-0.39, 0.29) is 0 Å². The quantitative estimate of drug-likeness (QED) is 0.654. The Balaban J connectivity index is 2.44. The van der Waals surface area contributed by atoms with Crippen molar-refractivity contribution >= 4 is 40.8 Å². The van der Waals surface area contributed by atoms with Crippen LogP contribution in [0, 0.1) is 3.70 Å². The van der Waals surface area contributed by atoms with E-state index in [9.17, 15) is 0 Å². The van der Waals surface area contributed by atoms with Crippen LogP contribution < -0.4 is 0 Å². The maximum atomic E-state index is 4.03. The maximum Gasteiger partial charge on any atom is 0.237 e. The van der Waals surface area contributed by atoms with Crippen molar-refractivity contribution in [2.45, 2.75) is 0 Å². The van der Waals surface area contributed by atoms with Crippen LogP contribution in [0.4, 0.5) is 0 Å². The number of aliphatic imine (C=N–C) groups is 3. The van der Waals surface area contributed by atoms with Gasteiger partial charge in [-0.25, -0.2) is 9.98 Å². The average Bonchev–Trinajstić information content (AvgIpc) is 2.43. The molecule has 1 aliphatic heterocycles. The Morgan fingerprint density at radius 2 is 2.38 bits per heavy atom. The summed E-state index contributed by atoms with van der Waals surface area (Å²) in [5.41, 5.74) is 0. The van der Waals surface area contributed by atoms with Gasteiger partial charge in [-0.15, -0.1) is 0 Å². The van der Waals surface area contributed by atoms with E-state index >= 15 is 0 Å². The number of aromatic nitrogens is 2. The van der Waals surface area contributed by atoms with Crippen molar-refractivity contribution in [2.24, 2.45) is 15.0 Å². The minimum absolute atomic E-state index is 0.538. The summed E-state index contributed by atoms with van der Waals surface area (Å²) in [6, 6.07) is 0. The van der Waals surface area contributed by atoms with Crippen molar-refractivity contribution in [1.82, 2.24) is 9.55 Å². The van der Waals surface area contributed by atoms with E-state index in [0.29, 0.717) is 5.96 Å². The van der Waals surface area contributed by atoms with Gasteiger partial charge in [-0.2, -0.15) is 9.98 Å². The lowest BCUT2D eigenvalue weighted by atomic mass is 10.8. The molecule has 6 heteroatoms. The van der Waals surface area contributed by atoms with E-state index in [0.717, 1.165) is 3.70 Å². The number of nitrogens with zero attached hydrogens (tertiary/aromatic N) is 5. The summed E-state index contributed by atoms with van der Waals surface area (Å²) in [4.78, 5) is 15.7. The molecule has 0 bridgehead atoms. The first-order valence-electron chi connectivity index (χ1n) is 3.43. The molecular formula is C7H4IN5. The van der Waals surface area contributed by atoms with Crippen molar-refractivity contribution in [3.8, 4) is 0 Å². The Kier molecular flexibility index (Phi) is 2.33. The molecule has 13 heavy (non-hydrogen) atoms. The minimum Gasteiger partial charge on any atom is -0.262 e. The molecule has 1 aromatic rings. The predicted molar refractivity (Wildman–Crippen MR) is 58.3 cm³/mol. The van der Waals surface area contributed by atoms with Crippen LogP contribution in [0.5, 0.6) is 0 Å². The van der Waals surface area contributed by atoms with Gasteiger partial charge in [0, 0.05) is 5.87 Å². The first-order valence-corrected chi connectivity index (χ1v) is 4.51. The maximum absolute atomic E-state index is 4.03.